The van der Waals surface area contributed by atoms with Crippen LogP contribution < -0.4 is 0 Å². The summed E-state index contributed by atoms with van der Waals surface area (Å²) >= 11 is 0. The molecule has 0 heterocycles. The van der Waals surface area contributed by atoms with Crippen molar-refractivity contribution >= 4 is 5.97 Å². The van der Waals surface area contributed by atoms with Gasteiger partial charge in [-0.05, 0) is 32.1 Å². The van der Waals surface area contributed by atoms with E-state index in [4.69, 9.17) is 4.74 Å². The maximum Gasteiger partial charge on any atom is 0.333 e. The Balaban J connectivity index is 3.57. The summed E-state index contributed by atoms with van der Waals surface area (Å²) in [6, 6.07) is 0. The van der Waals surface area contributed by atoms with Gasteiger partial charge in [-0.25, -0.2) is 4.79 Å². The van der Waals surface area contributed by atoms with Crippen LogP contribution in [0.4, 0.5) is 0 Å². The van der Waals surface area contributed by atoms with E-state index in [2.05, 4.69) is 20.8 Å². The van der Waals surface area contributed by atoms with Gasteiger partial charge in [-0.3, -0.25) is 0 Å². The van der Waals surface area contributed by atoms with Crippen molar-refractivity contribution in [2.24, 2.45) is 11.8 Å². The van der Waals surface area contributed by atoms with Crippen molar-refractivity contribution < 1.29 is 9.53 Å². The Kier molecular flexibility index (Phi) is 8.83. The minimum Gasteiger partial charge on any atom is -0.462 e. The fourth-order valence-electron chi connectivity index (χ4n) is 1.60. The molecule has 2 nitrogen and oxygen atoms in total. The quantitative estimate of drug-likeness (QED) is 0.466. The number of carbonyl (C=O) groups is 1. The molecule has 0 spiro atoms. The van der Waals surface area contributed by atoms with E-state index in [0.29, 0.717) is 18.1 Å². The lowest BCUT2D eigenvalue weighted by atomic mass is 9.98. The van der Waals surface area contributed by atoms with E-state index < -0.39 is 0 Å². The van der Waals surface area contributed by atoms with Crippen molar-refractivity contribution in [2.75, 3.05) is 6.61 Å². The summed E-state index contributed by atoms with van der Waals surface area (Å²) in [5.41, 5.74) is 0.692. The van der Waals surface area contributed by atoms with Gasteiger partial charge in [-0.1, -0.05) is 46.1 Å². The van der Waals surface area contributed by atoms with Gasteiger partial charge in [0.1, 0.15) is 0 Å². The Morgan fingerprint density at radius 1 is 1.18 bits per heavy atom. The number of hydrogen-bond acceptors (Lipinski definition) is 2. The van der Waals surface area contributed by atoms with Gasteiger partial charge in [0.15, 0.2) is 0 Å². The third-order valence-electron chi connectivity index (χ3n) is 3.08. The second-order valence-corrected chi connectivity index (χ2v) is 5.33. The van der Waals surface area contributed by atoms with E-state index in [0.717, 1.165) is 12.3 Å². The zero-order valence-electron chi connectivity index (χ0n) is 12.1. The monoisotopic (exact) mass is 240 g/mol. The smallest absolute Gasteiger partial charge is 0.333 e. The van der Waals surface area contributed by atoms with Gasteiger partial charge in [0.2, 0.25) is 0 Å². The summed E-state index contributed by atoms with van der Waals surface area (Å²) < 4.78 is 5.19. The first-order valence-electron chi connectivity index (χ1n) is 6.77. The highest BCUT2D eigenvalue weighted by atomic mass is 16.5. The summed E-state index contributed by atoms with van der Waals surface area (Å²) in [4.78, 5) is 11.4. The Morgan fingerprint density at radius 3 is 2.35 bits per heavy atom. The van der Waals surface area contributed by atoms with Crippen LogP contribution in [0.25, 0.3) is 0 Å². The second kappa shape index (κ2) is 9.26. The first-order valence-corrected chi connectivity index (χ1v) is 6.77. The van der Waals surface area contributed by atoms with Crippen molar-refractivity contribution in [1.82, 2.24) is 0 Å². The zero-order chi connectivity index (χ0) is 13.3. The predicted octanol–water partition coefficient (Wildman–Crippen LogP) is 4.35. The van der Waals surface area contributed by atoms with E-state index in [1.54, 1.807) is 13.0 Å². The largest absolute Gasteiger partial charge is 0.462 e. The Morgan fingerprint density at radius 2 is 1.82 bits per heavy atom. The van der Waals surface area contributed by atoms with Crippen LogP contribution in [0, 0.1) is 11.8 Å². The molecule has 100 valence electrons. The van der Waals surface area contributed by atoms with E-state index >= 15 is 0 Å². The van der Waals surface area contributed by atoms with Gasteiger partial charge < -0.3 is 4.74 Å². The molecule has 17 heavy (non-hydrogen) atoms. The van der Waals surface area contributed by atoms with Gasteiger partial charge in [0.05, 0.1) is 6.61 Å². The third-order valence-corrected chi connectivity index (χ3v) is 3.08. The zero-order valence-corrected chi connectivity index (χ0v) is 12.1. The molecule has 0 aromatic rings. The Labute approximate surface area is 106 Å². The molecule has 0 saturated carbocycles. The molecule has 0 amide bonds. The summed E-state index contributed by atoms with van der Waals surface area (Å²) in [6.07, 6.45) is 6.57. The molecule has 0 aliphatic rings. The van der Waals surface area contributed by atoms with E-state index in [9.17, 15) is 4.79 Å². The Bertz CT molecular complexity index is 241. The van der Waals surface area contributed by atoms with E-state index in [1.165, 1.54) is 19.3 Å². The van der Waals surface area contributed by atoms with Gasteiger partial charge in [-0.2, -0.15) is 0 Å². The molecule has 1 unspecified atom stereocenters. The van der Waals surface area contributed by atoms with Crippen LogP contribution in [0.1, 0.15) is 60.3 Å². The molecule has 0 rings (SSSR count). The van der Waals surface area contributed by atoms with Crippen molar-refractivity contribution in [2.45, 2.75) is 60.3 Å². The number of ether oxygens (including phenoxy) is 1. The van der Waals surface area contributed by atoms with Crippen molar-refractivity contribution in [3.05, 3.63) is 11.6 Å². The van der Waals surface area contributed by atoms with Crippen molar-refractivity contribution in [3.8, 4) is 0 Å². The van der Waals surface area contributed by atoms with Crippen LogP contribution in [-0.2, 0) is 9.53 Å². The molecule has 0 aromatic heterocycles. The molecule has 0 aromatic carbocycles. The van der Waals surface area contributed by atoms with Crippen LogP contribution in [0.2, 0.25) is 0 Å². The molecule has 0 aliphatic carbocycles. The molecule has 0 saturated heterocycles. The van der Waals surface area contributed by atoms with Crippen LogP contribution in [0.3, 0.4) is 0 Å². The lowest BCUT2D eigenvalue weighted by molar-refractivity contribution is -0.139. The van der Waals surface area contributed by atoms with Gasteiger partial charge >= 0.3 is 5.97 Å². The Hall–Kier alpha value is -0.790. The molecular formula is C15H28O2. The number of esters is 1. The number of hydrogen-bond donors (Lipinski definition) is 0. The molecule has 2 heteroatoms. The number of allylic oxidation sites excluding steroid dienone is 1. The first-order chi connectivity index (χ1) is 7.97. The van der Waals surface area contributed by atoms with Crippen LogP contribution in [0.5, 0.6) is 0 Å². The highest BCUT2D eigenvalue weighted by molar-refractivity contribution is 5.87. The normalized spacial score (nSPS) is 13.9. The van der Waals surface area contributed by atoms with Gasteiger partial charge in [-0.15, -0.1) is 0 Å². The fraction of sp³-hybridized carbons (Fsp3) is 0.800. The fourth-order valence-corrected chi connectivity index (χ4v) is 1.60. The SMILES string of the molecule is C/C=C(\C)C(=O)OCCC(C)CCCC(C)C. The van der Waals surface area contributed by atoms with Gasteiger partial charge in [0.25, 0.3) is 0 Å². The third kappa shape index (κ3) is 8.96. The minimum absolute atomic E-state index is 0.179. The van der Waals surface area contributed by atoms with E-state index in [-0.39, 0.29) is 5.97 Å². The second-order valence-electron chi connectivity index (χ2n) is 5.33. The average molecular weight is 240 g/mol. The molecule has 0 fully saturated rings. The standard InChI is InChI=1S/C15H28O2/c1-6-14(5)15(16)17-11-10-13(4)9-7-8-12(2)3/h6,12-13H,7-11H2,1-5H3/b14-6+. The first kappa shape index (κ1) is 16.2. The molecule has 0 N–H and O–H groups in total. The molecule has 1 atom stereocenters. The minimum atomic E-state index is -0.179. The number of rotatable bonds is 8. The highest BCUT2D eigenvalue weighted by Gasteiger charge is 2.07. The summed E-state index contributed by atoms with van der Waals surface area (Å²) in [6.45, 7) is 10.9. The lowest BCUT2D eigenvalue weighted by Gasteiger charge is -2.12. The molecule has 0 bridgehead atoms. The summed E-state index contributed by atoms with van der Waals surface area (Å²) in [5.74, 6) is 1.26. The number of carbonyl (C=O) groups excluding carboxylic acids is 1. The molecular weight excluding hydrogens is 212 g/mol. The summed E-state index contributed by atoms with van der Waals surface area (Å²) in [7, 11) is 0. The molecule has 0 radical (unpaired) electrons. The van der Waals surface area contributed by atoms with Crippen molar-refractivity contribution in [3.63, 3.8) is 0 Å². The average Bonchev–Trinajstić information content (AvgIpc) is 2.27. The highest BCUT2D eigenvalue weighted by Crippen LogP contribution is 2.15. The van der Waals surface area contributed by atoms with Crippen LogP contribution in [0.15, 0.2) is 11.6 Å². The van der Waals surface area contributed by atoms with Crippen molar-refractivity contribution in [1.29, 1.82) is 0 Å². The molecule has 0 aliphatic heterocycles. The topological polar surface area (TPSA) is 26.3 Å². The lowest BCUT2D eigenvalue weighted by Crippen LogP contribution is -2.09. The maximum atomic E-state index is 11.4. The maximum absolute atomic E-state index is 11.4. The van der Waals surface area contributed by atoms with Crippen LogP contribution in [-0.4, -0.2) is 12.6 Å². The predicted molar refractivity (Wildman–Crippen MR) is 72.9 cm³/mol. The van der Waals surface area contributed by atoms with E-state index in [1.807, 2.05) is 6.92 Å². The summed E-state index contributed by atoms with van der Waals surface area (Å²) in [5, 5.41) is 0. The van der Waals surface area contributed by atoms with Crippen LogP contribution >= 0.6 is 0 Å². The van der Waals surface area contributed by atoms with Gasteiger partial charge in [0, 0.05) is 5.57 Å².